The van der Waals surface area contributed by atoms with Crippen LogP contribution in [0.15, 0.2) is 42.5 Å². The predicted molar refractivity (Wildman–Crippen MR) is 73.9 cm³/mol. The van der Waals surface area contributed by atoms with Crippen molar-refractivity contribution >= 4 is 0 Å². The van der Waals surface area contributed by atoms with Gasteiger partial charge < -0.3 is 9.84 Å². The van der Waals surface area contributed by atoms with E-state index in [1.165, 1.54) is 0 Å². The lowest BCUT2D eigenvalue weighted by atomic mass is 9.96. The van der Waals surface area contributed by atoms with Crippen molar-refractivity contribution in [3.8, 4) is 29.0 Å². The molecule has 0 aliphatic heterocycles. The summed E-state index contributed by atoms with van der Waals surface area (Å²) in [6, 6.07) is 16.5. The van der Waals surface area contributed by atoms with Crippen LogP contribution in [0.5, 0.6) is 5.75 Å². The number of benzene rings is 2. The van der Waals surface area contributed by atoms with Crippen LogP contribution in [0.25, 0.3) is 11.1 Å². The standard InChI is InChI=1S/C16H12N2O2/c17-10-13-4-2-6-15(16(13)11-18)12-3-1-5-14(9-12)20-8-7-19/h1-6,9,19H,7-8H2. The quantitative estimate of drug-likeness (QED) is 0.920. The van der Waals surface area contributed by atoms with Crippen LogP contribution in [0, 0.1) is 22.7 Å². The van der Waals surface area contributed by atoms with Gasteiger partial charge in [-0.05, 0) is 23.8 Å². The van der Waals surface area contributed by atoms with Crippen LogP contribution in [0.2, 0.25) is 0 Å². The minimum absolute atomic E-state index is 0.0579. The van der Waals surface area contributed by atoms with Crippen molar-refractivity contribution in [1.29, 1.82) is 10.5 Å². The number of nitriles is 2. The molecule has 0 radical (unpaired) electrons. The Hall–Kier alpha value is -2.82. The van der Waals surface area contributed by atoms with E-state index in [2.05, 4.69) is 6.07 Å². The third-order valence-electron chi connectivity index (χ3n) is 2.80. The van der Waals surface area contributed by atoms with Crippen molar-refractivity contribution in [3.63, 3.8) is 0 Å². The summed E-state index contributed by atoms with van der Waals surface area (Å²) in [5, 5.41) is 27.0. The minimum atomic E-state index is -0.0579. The van der Waals surface area contributed by atoms with Crippen molar-refractivity contribution < 1.29 is 9.84 Å². The summed E-state index contributed by atoms with van der Waals surface area (Å²) in [5.74, 6) is 0.614. The zero-order chi connectivity index (χ0) is 14.4. The molecule has 2 aromatic rings. The lowest BCUT2D eigenvalue weighted by molar-refractivity contribution is 0.201. The second-order valence-electron chi connectivity index (χ2n) is 4.05. The molecule has 0 unspecified atom stereocenters. The molecule has 0 spiro atoms. The van der Waals surface area contributed by atoms with Crippen molar-refractivity contribution in [1.82, 2.24) is 0 Å². The van der Waals surface area contributed by atoms with E-state index in [1.807, 2.05) is 18.2 Å². The summed E-state index contributed by atoms with van der Waals surface area (Å²) < 4.78 is 5.35. The van der Waals surface area contributed by atoms with Gasteiger partial charge in [-0.1, -0.05) is 24.3 Å². The number of hydrogen-bond donors (Lipinski definition) is 1. The first-order valence-corrected chi connectivity index (χ1v) is 6.07. The third-order valence-corrected chi connectivity index (χ3v) is 2.80. The van der Waals surface area contributed by atoms with Crippen LogP contribution in [-0.2, 0) is 0 Å². The van der Waals surface area contributed by atoms with E-state index in [0.717, 1.165) is 5.56 Å². The molecule has 1 N–H and O–H groups in total. The van der Waals surface area contributed by atoms with E-state index in [0.29, 0.717) is 22.4 Å². The molecule has 0 atom stereocenters. The van der Waals surface area contributed by atoms with Crippen molar-refractivity contribution in [2.45, 2.75) is 0 Å². The maximum Gasteiger partial charge on any atom is 0.120 e. The molecule has 0 saturated carbocycles. The van der Waals surface area contributed by atoms with E-state index in [1.54, 1.807) is 30.3 Å². The molecule has 4 heteroatoms. The second kappa shape index (κ2) is 6.38. The molecule has 4 nitrogen and oxygen atoms in total. The SMILES string of the molecule is N#Cc1cccc(-c2cccc(OCCO)c2)c1C#N. The summed E-state index contributed by atoms with van der Waals surface area (Å²) in [4.78, 5) is 0. The Bertz CT molecular complexity index is 696. The van der Waals surface area contributed by atoms with Gasteiger partial charge in [0, 0.05) is 5.56 Å². The first-order valence-electron chi connectivity index (χ1n) is 6.07. The van der Waals surface area contributed by atoms with Crippen LogP contribution < -0.4 is 4.74 Å². The van der Waals surface area contributed by atoms with E-state index in [9.17, 15) is 5.26 Å². The Balaban J connectivity index is 2.47. The fourth-order valence-corrected chi connectivity index (χ4v) is 1.92. The molecule has 98 valence electrons. The zero-order valence-electron chi connectivity index (χ0n) is 10.7. The van der Waals surface area contributed by atoms with Gasteiger partial charge in [0.2, 0.25) is 0 Å². The Morgan fingerprint density at radius 1 is 1.05 bits per heavy atom. The van der Waals surface area contributed by atoms with Crippen molar-refractivity contribution in [2.24, 2.45) is 0 Å². The fraction of sp³-hybridized carbons (Fsp3) is 0.125. The minimum Gasteiger partial charge on any atom is -0.491 e. The molecule has 0 saturated heterocycles. The summed E-state index contributed by atoms with van der Waals surface area (Å²) in [6.45, 7) is 0.157. The van der Waals surface area contributed by atoms with Gasteiger partial charge in [-0.2, -0.15) is 10.5 Å². The molecular formula is C16H12N2O2. The van der Waals surface area contributed by atoms with Crippen LogP contribution in [0.4, 0.5) is 0 Å². The summed E-state index contributed by atoms with van der Waals surface area (Å²) >= 11 is 0. The maximum atomic E-state index is 9.24. The molecule has 2 aromatic carbocycles. The van der Waals surface area contributed by atoms with Crippen LogP contribution in [0.1, 0.15) is 11.1 Å². The number of ether oxygens (including phenoxy) is 1. The molecule has 0 aliphatic carbocycles. The number of hydrogen-bond acceptors (Lipinski definition) is 4. The van der Waals surface area contributed by atoms with Crippen molar-refractivity contribution in [3.05, 3.63) is 53.6 Å². The lowest BCUT2D eigenvalue weighted by Gasteiger charge is -2.09. The number of nitrogens with zero attached hydrogens (tertiary/aromatic N) is 2. The van der Waals surface area contributed by atoms with E-state index in [-0.39, 0.29) is 13.2 Å². The first kappa shape index (κ1) is 13.6. The Labute approximate surface area is 117 Å². The lowest BCUT2D eigenvalue weighted by Crippen LogP contribution is -2.01. The highest BCUT2D eigenvalue weighted by atomic mass is 16.5. The van der Waals surface area contributed by atoms with Gasteiger partial charge in [0.1, 0.15) is 24.5 Å². The van der Waals surface area contributed by atoms with Gasteiger partial charge in [-0.25, -0.2) is 0 Å². The summed E-state index contributed by atoms with van der Waals surface area (Å²) in [5.41, 5.74) is 2.20. The third kappa shape index (κ3) is 2.77. The second-order valence-corrected chi connectivity index (χ2v) is 4.05. The molecule has 20 heavy (non-hydrogen) atoms. The molecule has 0 bridgehead atoms. The number of aliphatic hydroxyl groups is 1. The Morgan fingerprint density at radius 2 is 1.85 bits per heavy atom. The fourth-order valence-electron chi connectivity index (χ4n) is 1.92. The highest BCUT2D eigenvalue weighted by Crippen LogP contribution is 2.28. The monoisotopic (exact) mass is 264 g/mol. The van der Waals surface area contributed by atoms with Gasteiger partial charge in [-0.3, -0.25) is 0 Å². The smallest absolute Gasteiger partial charge is 0.120 e. The Kier molecular flexibility index (Phi) is 4.34. The number of aliphatic hydroxyl groups excluding tert-OH is 1. The first-order chi connectivity index (χ1) is 9.80. The largest absolute Gasteiger partial charge is 0.491 e. The zero-order valence-corrected chi connectivity index (χ0v) is 10.7. The molecule has 0 fully saturated rings. The predicted octanol–water partition coefficient (Wildman–Crippen LogP) is 2.47. The highest BCUT2D eigenvalue weighted by Gasteiger charge is 2.10. The van der Waals surface area contributed by atoms with E-state index in [4.69, 9.17) is 15.1 Å². The van der Waals surface area contributed by atoms with E-state index >= 15 is 0 Å². The van der Waals surface area contributed by atoms with Gasteiger partial charge in [-0.15, -0.1) is 0 Å². The topological polar surface area (TPSA) is 77.0 Å². The van der Waals surface area contributed by atoms with Crippen LogP contribution >= 0.6 is 0 Å². The molecule has 0 heterocycles. The molecular weight excluding hydrogens is 252 g/mol. The average molecular weight is 264 g/mol. The van der Waals surface area contributed by atoms with Crippen LogP contribution in [-0.4, -0.2) is 18.3 Å². The number of rotatable bonds is 4. The maximum absolute atomic E-state index is 9.24. The summed E-state index contributed by atoms with van der Waals surface area (Å²) in [6.07, 6.45) is 0. The average Bonchev–Trinajstić information content (AvgIpc) is 2.52. The van der Waals surface area contributed by atoms with Gasteiger partial charge in [0.15, 0.2) is 0 Å². The van der Waals surface area contributed by atoms with E-state index < -0.39 is 0 Å². The Morgan fingerprint density at radius 3 is 2.55 bits per heavy atom. The molecule has 0 aromatic heterocycles. The molecule has 0 amide bonds. The summed E-state index contributed by atoms with van der Waals surface area (Å²) in [7, 11) is 0. The van der Waals surface area contributed by atoms with Gasteiger partial charge >= 0.3 is 0 Å². The van der Waals surface area contributed by atoms with Crippen molar-refractivity contribution in [2.75, 3.05) is 13.2 Å². The normalized spacial score (nSPS) is 9.55. The van der Waals surface area contributed by atoms with Gasteiger partial charge in [0.25, 0.3) is 0 Å². The molecule has 2 rings (SSSR count). The molecule has 0 aliphatic rings. The van der Waals surface area contributed by atoms with Crippen LogP contribution in [0.3, 0.4) is 0 Å². The highest BCUT2D eigenvalue weighted by molar-refractivity contribution is 5.74. The van der Waals surface area contributed by atoms with Gasteiger partial charge in [0.05, 0.1) is 17.7 Å².